The molecular formula is C21H31N4O2P. The summed E-state index contributed by atoms with van der Waals surface area (Å²) >= 11 is 0. The highest BCUT2D eigenvalue weighted by molar-refractivity contribution is 7.57. The molecule has 0 bridgehead atoms. The van der Waals surface area contributed by atoms with Crippen LogP contribution in [0.5, 0.6) is 5.75 Å². The normalized spacial score (nSPS) is 11.5. The van der Waals surface area contributed by atoms with Gasteiger partial charge in [-0.15, -0.1) is 4.74 Å². The Kier molecular flexibility index (Phi) is 8.71. The predicted molar refractivity (Wildman–Crippen MR) is 118 cm³/mol. The maximum atomic E-state index is 12.9. The number of para-hydroxylation sites is 2. The standard InChI is InChI=1S/C21H31N4O2P/c1-5-24(6-2)28(25(7-3)8-4,27-20-17-13-10-14-18-20)23-21(26)22-19-15-11-9-12-16-19/h9-18H,5-8H2,1-4H3,(H,22,26). The quantitative estimate of drug-likeness (QED) is 0.528. The fourth-order valence-electron chi connectivity index (χ4n) is 3.04. The summed E-state index contributed by atoms with van der Waals surface area (Å²) in [4.78, 5) is 12.9. The predicted octanol–water partition coefficient (Wildman–Crippen LogP) is 5.93. The molecule has 2 amide bonds. The third-order valence-corrected chi connectivity index (χ3v) is 7.92. The van der Waals surface area contributed by atoms with Gasteiger partial charge in [0, 0.05) is 31.9 Å². The summed E-state index contributed by atoms with van der Waals surface area (Å²) in [5, 5.41) is 2.88. The molecule has 0 heterocycles. The summed E-state index contributed by atoms with van der Waals surface area (Å²) in [6.07, 6.45) is 0. The Morgan fingerprint density at radius 3 is 1.79 bits per heavy atom. The summed E-state index contributed by atoms with van der Waals surface area (Å²) in [5.41, 5.74) is 0.716. The van der Waals surface area contributed by atoms with E-state index in [-0.39, 0.29) is 0 Å². The molecule has 0 spiro atoms. The van der Waals surface area contributed by atoms with Gasteiger partial charge in [-0.2, -0.15) is 0 Å². The fraction of sp³-hybridized carbons (Fsp3) is 0.381. The molecule has 2 aromatic carbocycles. The molecular weight excluding hydrogens is 371 g/mol. The van der Waals surface area contributed by atoms with Crippen molar-refractivity contribution < 1.29 is 9.32 Å². The summed E-state index contributed by atoms with van der Waals surface area (Å²) in [6.45, 7) is 11.2. The zero-order valence-electron chi connectivity index (χ0n) is 17.2. The van der Waals surface area contributed by atoms with Crippen LogP contribution in [0.3, 0.4) is 0 Å². The lowest BCUT2D eigenvalue weighted by atomic mass is 10.3. The Bertz CT molecular complexity index is 760. The molecule has 0 aliphatic heterocycles. The Morgan fingerprint density at radius 1 is 0.857 bits per heavy atom. The molecule has 0 unspecified atom stereocenters. The molecule has 152 valence electrons. The zero-order chi connectivity index (χ0) is 20.4. The van der Waals surface area contributed by atoms with E-state index >= 15 is 0 Å². The monoisotopic (exact) mass is 402 g/mol. The first-order chi connectivity index (χ1) is 13.6. The van der Waals surface area contributed by atoms with E-state index < -0.39 is 13.6 Å². The Balaban J connectivity index is 2.54. The van der Waals surface area contributed by atoms with Crippen LogP contribution in [-0.2, 0) is 0 Å². The first-order valence-electron chi connectivity index (χ1n) is 9.83. The van der Waals surface area contributed by atoms with Gasteiger partial charge in [-0.1, -0.05) is 64.1 Å². The van der Waals surface area contributed by atoms with Crippen molar-refractivity contribution in [1.29, 1.82) is 0 Å². The fourth-order valence-corrected chi connectivity index (χ4v) is 6.08. The van der Waals surface area contributed by atoms with Gasteiger partial charge in [0.2, 0.25) is 0 Å². The number of rotatable bonds is 9. The summed E-state index contributed by atoms with van der Waals surface area (Å²) in [5.74, 6) is 0.714. The molecule has 0 aromatic heterocycles. The molecule has 28 heavy (non-hydrogen) atoms. The van der Waals surface area contributed by atoms with Crippen molar-refractivity contribution in [2.45, 2.75) is 27.7 Å². The van der Waals surface area contributed by atoms with Crippen LogP contribution in [0.25, 0.3) is 0 Å². The Morgan fingerprint density at radius 2 is 1.32 bits per heavy atom. The Hall–Kier alpha value is -2.14. The molecule has 0 saturated carbocycles. The summed E-state index contributed by atoms with van der Waals surface area (Å²) in [7, 11) is -2.75. The second kappa shape index (κ2) is 11.0. The van der Waals surface area contributed by atoms with Crippen LogP contribution in [0.15, 0.2) is 65.4 Å². The van der Waals surface area contributed by atoms with Gasteiger partial charge in [-0.05, 0) is 24.3 Å². The number of carbonyl (C=O) groups excluding carboxylic acids is 1. The van der Waals surface area contributed by atoms with Crippen molar-refractivity contribution in [3.8, 4) is 5.75 Å². The van der Waals surface area contributed by atoms with Crippen LogP contribution < -0.4 is 9.84 Å². The van der Waals surface area contributed by atoms with E-state index in [4.69, 9.17) is 4.52 Å². The lowest BCUT2D eigenvalue weighted by Crippen LogP contribution is -2.35. The highest BCUT2D eigenvalue weighted by atomic mass is 31.2. The second-order valence-electron chi connectivity index (χ2n) is 6.09. The number of nitrogens with zero attached hydrogens (tertiary/aromatic N) is 3. The van der Waals surface area contributed by atoms with Gasteiger partial charge in [0.15, 0.2) is 0 Å². The highest BCUT2D eigenvalue weighted by Crippen LogP contribution is 2.57. The molecule has 6 nitrogen and oxygen atoms in total. The van der Waals surface area contributed by atoms with Crippen molar-refractivity contribution in [3.05, 3.63) is 60.7 Å². The number of benzene rings is 2. The van der Waals surface area contributed by atoms with Gasteiger partial charge < -0.3 is 9.84 Å². The number of anilines is 1. The average molecular weight is 402 g/mol. The topological polar surface area (TPSA) is 57.2 Å². The number of urea groups is 1. The highest BCUT2D eigenvalue weighted by Gasteiger charge is 2.36. The van der Waals surface area contributed by atoms with Gasteiger partial charge in [0.05, 0.1) is 0 Å². The van der Waals surface area contributed by atoms with E-state index in [0.29, 0.717) is 11.4 Å². The van der Waals surface area contributed by atoms with Crippen molar-refractivity contribution in [3.63, 3.8) is 0 Å². The second-order valence-corrected chi connectivity index (χ2v) is 8.63. The van der Waals surface area contributed by atoms with Crippen LogP contribution in [0.1, 0.15) is 27.7 Å². The first-order valence-corrected chi connectivity index (χ1v) is 11.4. The molecule has 2 aromatic rings. The summed E-state index contributed by atoms with van der Waals surface area (Å²) in [6, 6.07) is 18.6. The molecule has 0 fully saturated rings. The largest absolute Gasteiger partial charge is 0.435 e. The van der Waals surface area contributed by atoms with Gasteiger partial charge in [0.1, 0.15) is 5.75 Å². The molecule has 1 N–H and O–H groups in total. The van der Waals surface area contributed by atoms with E-state index in [9.17, 15) is 4.79 Å². The van der Waals surface area contributed by atoms with Gasteiger partial charge in [-0.25, -0.2) is 14.1 Å². The number of hydrogen-bond acceptors (Lipinski definition) is 2. The molecule has 0 saturated heterocycles. The number of carbonyl (C=O) groups is 1. The van der Waals surface area contributed by atoms with Gasteiger partial charge >= 0.3 is 6.03 Å². The smallest absolute Gasteiger partial charge is 0.349 e. The molecule has 2 rings (SSSR count). The van der Waals surface area contributed by atoms with Crippen LogP contribution >= 0.6 is 7.58 Å². The maximum Gasteiger partial charge on any atom is 0.349 e. The number of hydrogen-bond donors (Lipinski definition) is 1. The number of nitrogens with one attached hydrogen (secondary N) is 1. The number of amides is 2. The third kappa shape index (κ3) is 5.44. The lowest BCUT2D eigenvalue weighted by molar-refractivity contribution is 0.258. The van der Waals surface area contributed by atoms with Crippen molar-refractivity contribution in [2.24, 2.45) is 4.74 Å². The van der Waals surface area contributed by atoms with Crippen molar-refractivity contribution in [1.82, 2.24) is 9.34 Å². The van der Waals surface area contributed by atoms with Crippen LogP contribution in [0.4, 0.5) is 10.5 Å². The van der Waals surface area contributed by atoms with Crippen LogP contribution in [-0.4, -0.2) is 41.6 Å². The minimum atomic E-state index is -2.75. The SMILES string of the molecule is CCN(CC)P(=NC(=O)Nc1ccccc1)(Oc1ccccc1)N(CC)CC. The van der Waals surface area contributed by atoms with Gasteiger partial charge in [-0.3, -0.25) is 0 Å². The molecule has 7 heteroatoms. The van der Waals surface area contributed by atoms with Crippen LogP contribution in [0.2, 0.25) is 0 Å². The van der Waals surface area contributed by atoms with E-state index in [2.05, 4.69) is 47.1 Å². The minimum Gasteiger partial charge on any atom is -0.435 e. The van der Waals surface area contributed by atoms with E-state index in [1.54, 1.807) is 0 Å². The van der Waals surface area contributed by atoms with E-state index in [0.717, 1.165) is 26.2 Å². The molecule has 0 atom stereocenters. The first kappa shape index (κ1) is 22.2. The van der Waals surface area contributed by atoms with Crippen molar-refractivity contribution >= 4 is 19.3 Å². The van der Waals surface area contributed by atoms with Gasteiger partial charge in [0.25, 0.3) is 7.58 Å². The minimum absolute atomic E-state index is 0.394. The van der Waals surface area contributed by atoms with E-state index in [1.165, 1.54) is 0 Å². The molecule has 0 aliphatic carbocycles. The van der Waals surface area contributed by atoms with Crippen LogP contribution in [0, 0.1) is 0 Å². The maximum absolute atomic E-state index is 12.9. The third-order valence-electron chi connectivity index (χ3n) is 4.41. The average Bonchev–Trinajstić information content (AvgIpc) is 2.71. The zero-order valence-corrected chi connectivity index (χ0v) is 18.1. The summed E-state index contributed by atoms with van der Waals surface area (Å²) < 4.78 is 15.5. The van der Waals surface area contributed by atoms with E-state index in [1.807, 2.05) is 60.7 Å². The molecule has 0 aliphatic rings. The lowest BCUT2D eigenvalue weighted by Gasteiger charge is -2.40. The Labute approximate surface area is 168 Å². The molecule has 0 radical (unpaired) electrons. The van der Waals surface area contributed by atoms with Crippen molar-refractivity contribution in [2.75, 3.05) is 31.5 Å².